The Kier molecular flexibility index (Phi) is 6.97. The van der Waals surface area contributed by atoms with E-state index in [9.17, 15) is 17.6 Å². The number of aromatic nitrogens is 3. The smallest absolute Gasteiger partial charge is 0.235 e. The Morgan fingerprint density at radius 1 is 1.07 bits per heavy atom. The zero-order valence-electron chi connectivity index (χ0n) is 24.3. The lowest BCUT2D eigenvalue weighted by atomic mass is 9.82. The number of sulfonamides is 1. The second-order valence-corrected chi connectivity index (χ2v) is 13.6. The maximum Gasteiger partial charge on any atom is 0.235 e. The summed E-state index contributed by atoms with van der Waals surface area (Å²) in [5.74, 6) is -1.31. The van der Waals surface area contributed by atoms with Gasteiger partial charge in [0.25, 0.3) is 0 Å². The van der Waals surface area contributed by atoms with Crippen LogP contribution in [0.15, 0.2) is 60.4 Å². The molecular weight excluding hydrogens is 604 g/mol. The van der Waals surface area contributed by atoms with Crippen molar-refractivity contribution < 1.29 is 31.5 Å². The van der Waals surface area contributed by atoms with Crippen molar-refractivity contribution in [2.75, 3.05) is 35.6 Å². The van der Waals surface area contributed by atoms with Gasteiger partial charge in [-0.1, -0.05) is 12.1 Å². The molecular formula is C32H29F2N5O5S. The predicted molar refractivity (Wildman–Crippen MR) is 163 cm³/mol. The number of allylic oxidation sites excluding steroid dienone is 1. The number of carbonyl (C=O) groups excluding carboxylic acids is 1. The van der Waals surface area contributed by atoms with E-state index in [1.165, 1.54) is 45.6 Å². The highest BCUT2D eigenvalue weighted by Gasteiger charge is 2.49. The molecule has 0 unspecified atom stereocenters. The molecule has 2 saturated heterocycles. The highest BCUT2D eigenvalue weighted by molar-refractivity contribution is 7.93. The van der Waals surface area contributed by atoms with Crippen LogP contribution in [0.2, 0.25) is 0 Å². The summed E-state index contributed by atoms with van der Waals surface area (Å²) < 4.78 is 69.2. The Morgan fingerprint density at radius 2 is 1.84 bits per heavy atom. The van der Waals surface area contributed by atoms with Crippen LogP contribution in [0.1, 0.15) is 39.9 Å². The van der Waals surface area contributed by atoms with Gasteiger partial charge in [-0.25, -0.2) is 26.9 Å². The van der Waals surface area contributed by atoms with E-state index in [1.807, 2.05) is 0 Å². The van der Waals surface area contributed by atoms with E-state index in [0.29, 0.717) is 54.0 Å². The van der Waals surface area contributed by atoms with Crippen molar-refractivity contribution >= 4 is 33.4 Å². The van der Waals surface area contributed by atoms with Crippen molar-refractivity contribution in [3.8, 4) is 17.3 Å². The molecule has 4 aromatic rings. The summed E-state index contributed by atoms with van der Waals surface area (Å²) in [6.45, 7) is 2.95. The van der Waals surface area contributed by atoms with Crippen LogP contribution < -0.4 is 14.8 Å². The number of ether oxygens (including phenoxy) is 2. The Bertz CT molecular complexity index is 2000. The van der Waals surface area contributed by atoms with E-state index in [4.69, 9.17) is 15.2 Å². The minimum Gasteiger partial charge on any atom is -0.436 e. The molecule has 2 aromatic heterocycles. The maximum absolute atomic E-state index is 15.4. The van der Waals surface area contributed by atoms with Gasteiger partial charge in [0.15, 0.2) is 17.3 Å². The number of aryl methyl sites for hydroxylation is 1. The lowest BCUT2D eigenvalue weighted by molar-refractivity contribution is 0.0331. The number of pyridine rings is 1. The van der Waals surface area contributed by atoms with E-state index < -0.39 is 27.1 Å². The monoisotopic (exact) mass is 633 g/mol. The van der Waals surface area contributed by atoms with Gasteiger partial charge in [0.2, 0.25) is 15.9 Å². The van der Waals surface area contributed by atoms with Crippen molar-refractivity contribution in [2.45, 2.75) is 26.2 Å². The summed E-state index contributed by atoms with van der Waals surface area (Å²) in [6, 6.07) is 10.4. The minimum atomic E-state index is -3.72. The molecule has 45 heavy (non-hydrogen) atoms. The fraction of sp³-hybridized carbons (Fsp3) is 0.281. The largest absolute Gasteiger partial charge is 0.436 e. The fourth-order valence-electron chi connectivity index (χ4n) is 6.28. The van der Waals surface area contributed by atoms with Crippen LogP contribution >= 0.6 is 0 Å². The second kappa shape index (κ2) is 10.8. The number of anilines is 2. The summed E-state index contributed by atoms with van der Waals surface area (Å²) in [6.07, 6.45) is 5.82. The van der Waals surface area contributed by atoms with Crippen LogP contribution in [-0.2, 0) is 21.2 Å². The van der Waals surface area contributed by atoms with Crippen molar-refractivity contribution in [3.05, 3.63) is 94.3 Å². The SMILES string of the molecule is Cc1cc(Oc2ccccc2F)ncc1-n1ncc(C(=O)C2=Cc3cc(F)c(N4CC5(CCOCC5)CS4(=O)=O)cc3C2)c1N. The average Bonchev–Trinajstić information content (AvgIpc) is 3.66. The maximum atomic E-state index is 15.4. The van der Waals surface area contributed by atoms with Crippen LogP contribution in [-0.4, -0.2) is 54.5 Å². The van der Waals surface area contributed by atoms with Crippen molar-refractivity contribution in [3.63, 3.8) is 0 Å². The molecule has 10 nitrogen and oxygen atoms in total. The number of nitrogen functional groups attached to an aromatic ring is 1. The van der Waals surface area contributed by atoms with Gasteiger partial charge in [-0.15, -0.1) is 0 Å². The number of fused-ring (bicyclic) bond motifs is 1. The molecule has 3 aliphatic rings. The van der Waals surface area contributed by atoms with Crippen LogP contribution in [0.3, 0.4) is 0 Å². The number of benzene rings is 2. The molecule has 2 fully saturated rings. The number of rotatable bonds is 6. The van der Waals surface area contributed by atoms with E-state index in [0.717, 1.165) is 0 Å². The molecule has 13 heteroatoms. The van der Waals surface area contributed by atoms with Gasteiger partial charge < -0.3 is 15.2 Å². The molecule has 232 valence electrons. The number of carbonyl (C=O) groups is 1. The topological polar surface area (TPSA) is 130 Å². The first-order valence-corrected chi connectivity index (χ1v) is 16.0. The Hall–Kier alpha value is -4.62. The summed E-state index contributed by atoms with van der Waals surface area (Å²) in [4.78, 5) is 17.9. The average molecular weight is 634 g/mol. The number of hydrogen-bond donors (Lipinski definition) is 1. The van der Waals surface area contributed by atoms with E-state index >= 15 is 4.39 Å². The number of nitrogens with two attached hydrogens (primary N) is 1. The summed E-state index contributed by atoms with van der Waals surface area (Å²) in [7, 11) is -3.72. The van der Waals surface area contributed by atoms with Gasteiger partial charge >= 0.3 is 0 Å². The lowest BCUT2D eigenvalue weighted by Gasteiger charge is -2.31. The molecule has 1 spiro atoms. The normalized spacial score (nSPS) is 18.2. The number of ketones is 1. The molecule has 0 amide bonds. The standard InChI is InChI=1S/C32H29F2N5O5S/c1-19-10-29(44-28-5-3-2-4-24(28)33)36-16-27(19)39-31(35)23(15-37-39)30(40)22-11-20-13-25(34)26(14-21(20)12-22)38-17-32(18-45(38,41)42)6-8-43-9-7-32/h2-5,10-11,13-16H,6-9,12,17-18,35H2,1H3. The number of Topliss-reactive ketones (excluding diaryl/α,β-unsaturated/α-hetero) is 1. The van der Waals surface area contributed by atoms with E-state index in [1.54, 1.807) is 31.2 Å². The van der Waals surface area contributed by atoms with E-state index in [-0.39, 0.29) is 53.2 Å². The van der Waals surface area contributed by atoms with Crippen LogP contribution in [0.4, 0.5) is 20.3 Å². The predicted octanol–water partition coefficient (Wildman–Crippen LogP) is 5.00. The number of para-hydroxylation sites is 1. The van der Waals surface area contributed by atoms with Gasteiger partial charge in [0.05, 0.1) is 35.1 Å². The first-order chi connectivity index (χ1) is 21.5. The van der Waals surface area contributed by atoms with Crippen molar-refractivity contribution in [1.82, 2.24) is 14.8 Å². The third-order valence-corrected chi connectivity index (χ3v) is 10.7. The van der Waals surface area contributed by atoms with Gasteiger partial charge in [0, 0.05) is 43.2 Å². The second-order valence-electron chi connectivity index (χ2n) is 11.7. The lowest BCUT2D eigenvalue weighted by Crippen LogP contribution is -2.34. The molecule has 1 aliphatic carbocycles. The molecule has 2 N–H and O–H groups in total. The van der Waals surface area contributed by atoms with Crippen LogP contribution in [0, 0.1) is 24.0 Å². The minimum absolute atomic E-state index is 0.00282. The zero-order chi connectivity index (χ0) is 31.5. The quantitative estimate of drug-likeness (QED) is 0.294. The van der Waals surface area contributed by atoms with Gasteiger partial charge in [0.1, 0.15) is 11.6 Å². The van der Waals surface area contributed by atoms with Crippen molar-refractivity contribution in [1.29, 1.82) is 0 Å². The van der Waals surface area contributed by atoms with Crippen LogP contribution in [0.25, 0.3) is 11.8 Å². The summed E-state index contributed by atoms with van der Waals surface area (Å²) in [5.41, 5.74) is 8.78. The number of halogens is 2. The first kappa shape index (κ1) is 29.1. The molecule has 0 bridgehead atoms. The third kappa shape index (κ3) is 5.15. The van der Waals surface area contributed by atoms with Gasteiger partial charge in [-0.2, -0.15) is 5.10 Å². The molecule has 0 radical (unpaired) electrons. The molecule has 2 aromatic carbocycles. The number of nitrogens with zero attached hydrogens (tertiary/aromatic N) is 4. The Labute approximate surface area is 258 Å². The third-order valence-electron chi connectivity index (χ3n) is 8.72. The molecule has 7 rings (SSSR count). The summed E-state index contributed by atoms with van der Waals surface area (Å²) in [5, 5.41) is 4.31. The van der Waals surface area contributed by atoms with Crippen molar-refractivity contribution in [2.24, 2.45) is 5.41 Å². The Morgan fingerprint density at radius 3 is 2.60 bits per heavy atom. The van der Waals surface area contributed by atoms with Gasteiger partial charge in [-0.05, 0) is 66.8 Å². The highest BCUT2D eigenvalue weighted by Crippen LogP contribution is 2.44. The summed E-state index contributed by atoms with van der Waals surface area (Å²) >= 11 is 0. The molecule has 4 heterocycles. The number of hydrogen-bond acceptors (Lipinski definition) is 8. The van der Waals surface area contributed by atoms with Crippen LogP contribution in [0.5, 0.6) is 11.6 Å². The Balaban J connectivity index is 1.11. The van der Waals surface area contributed by atoms with E-state index in [2.05, 4.69) is 10.1 Å². The highest BCUT2D eigenvalue weighted by atomic mass is 32.2. The first-order valence-electron chi connectivity index (χ1n) is 14.4. The fourth-order valence-corrected chi connectivity index (χ4v) is 8.50. The zero-order valence-corrected chi connectivity index (χ0v) is 25.1. The molecule has 2 aliphatic heterocycles. The molecule has 0 saturated carbocycles. The molecule has 0 atom stereocenters. The van der Waals surface area contributed by atoms with Gasteiger partial charge in [-0.3, -0.25) is 9.10 Å².